The van der Waals surface area contributed by atoms with Gasteiger partial charge in [-0.25, -0.2) is 0 Å². The first kappa shape index (κ1) is 74.1. The lowest BCUT2D eigenvalue weighted by molar-refractivity contribution is -0.143. The Kier molecular flexibility index (Phi) is 63.9. The third-order valence-corrected chi connectivity index (χ3v) is 15.9. The number of aliphatic hydroxyl groups is 2. The van der Waals surface area contributed by atoms with Crippen LogP contribution in [0.3, 0.4) is 0 Å². The van der Waals surface area contributed by atoms with Gasteiger partial charge in [0.05, 0.1) is 25.4 Å². The molecule has 0 aromatic rings. The van der Waals surface area contributed by atoms with Crippen molar-refractivity contribution in [3.63, 3.8) is 0 Å². The molecule has 6 nitrogen and oxygen atoms in total. The highest BCUT2D eigenvalue weighted by molar-refractivity contribution is 5.76. The second-order valence-corrected chi connectivity index (χ2v) is 23.5. The van der Waals surface area contributed by atoms with Gasteiger partial charge in [0.25, 0.3) is 0 Å². The summed E-state index contributed by atoms with van der Waals surface area (Å²) < 4.78 is 5.47. The van der Waals surface area contributed by atoms with Gasteiger partial charge in [0.2, 0.25) is 5.91 Å². The van der Waals surface area contributed by atoms with Gasteiger partial charge in [0.15, 0.2) is 0 Å². The highest BCUT2D eigenvalue weighted by Crippen LogP contribution is 2.18. The number of rotatable bonds is 64. The van der Waals surface area contributed by atoms with Crippen molar-refractivity contribution < 1.29 is 24.5 Å². The van der Waals surface area contributed by atoms with Gasteiger partial charge in [-0.3, -0.25) is 9.59 Å². The molecular formula is C70H133NO5. The van der Waals surface area contributed by atoms with Crippen molar-refractivity contribution in [2.24, 2.45) is 0 Å². The first-order chi connectivity index (χ1) is 37.5. The number of unbranched alkanes of at least 4 members (excludes halogenated alkanes) is 47. The number of ether oxygens (including phenoxy) is 1. The summed E-state index contributed by atoms with van der Waals surface area (Å²) in [6, 6.07) is -0.543. The molecule has 6 heteroatoms. The van der Waals surface area contributed by atoms with Crippen LogP contribution in [0.4, 0.5) is 0 Å². The summed E-state index contributed by atoms with van der Waals surface area (Å²) in [6.45, 7) is 4.91. The molecule has 0 aliphatic carbocycles. The number of nitrogens with one attached hydrogen (secondary N) is 1. The predicted octanol–water partition coefficient (Wildman–Crippen LogP) is 21.9. The van der Waals surface area contributed by atoms with Crippen molar-refractivity contribution >= 4 is 11.9 Å². The van der Waals surface area contributed by atoms with Crippen molar-refractivity contribution in [2.75, 3.05) is 13.2 Å². The van der Waals surface area contributed by atoms with Crippen molar-refractivity contribution in [1.29, 1.82) is 0 Å². The average molecular weight is 1070 g/mol. The smallest absolute Gasteiger partial charge is 0.305 e. The quantitative estimate of drug-likeness (QED) is 0.0320. The van der Waals surface area contributed by atoms with Crippen molar-refractivity contribution in [1.82, 2.24) is 5.32 Å². The minimum atomic E-state index is -0.666. The Balaban J connectivity index is 3.39. The maximum atomic E-state index is 12.5. The summed E-state index contributed by atoms with van der Waals surface area (Å²) in [4.78, 5) is 24.6. The average Bonchev–Trinajstić information content (AvgIpc) is 3.42. The summed E-state index contributed by atoms with van der Waals surface area (Å²) in [6.07, 6.45) is 83.2. The first-order valence-electron chi connectivity index (χ1n) is 34.2. The van der Waals surface area contributed by atoms with Gasteiger partial charge in [-0.1, -0.05) is 320 Å². The molecule has 0 radical (unpaired) electrons. The number of carbonyl (C=O) groups is 2. The summed E-state index contributed by atoms with van der Waals surface area (Å²) in [5.41, 5.74) is 0. The number of amides is 1. The van der Waals surface area contributed by atoms with Gasteiger partial charge in [-0.15, -0.1) is 0 Å². The third-order valence-electron chi connectivity index (χ3n) is 15.9. The highest BCUT2D eigenvalue weighted by atomic mass is 16.5. The van der Waals surface area contributed by atoms with Crippen LogP contribution < -0.4 is 5.32 Å². The Morgan fingerprint density at radius 2 is 0.684 bits per heavy atom. The van der Waals surface area contributed by atoms with Crippen molar-refractivity contribution in [3.05, 3.63) is 36.5 Å². The van der Waals surface area contributed by atoms with Crippen LogP contribution >= 0.6 is 0 Å². The number of hydrogen-bond acceptors (Lipinski definition) is 5. The molecule has 0 bridgehead atoms. The van der Waals surface area contributed by atoms with E-state index in [0.717, 1.165) is 51.4 Å². The van der Waals surface area contributed by atoms with Crippen LogP contribution in [0, 0.1) is 0 Å². The molecule has 1 amide bonds. The van der Waals surface area contributed by atoms with E-state index in [0.29, 0.717) is 25.9 Å². The van der Waals surface area contributed by atoms with E-state index in [-0.39, 0.29) is 18.5 Å². The minimum Gasteiger partial charge on any atom is -0.466 e. The lowest BCUT2D eigenvalue weighted by atomic mass is 10.0. The lowest BCUT2D eigenvalue weighted by Crippen LogP contribution is -2.45. The molecule has 0 aliphatic heterocycles. The molecule has 0 aromatic heterocycles. The van der Waals surface area contributed by atoms with Crippen LogP contribution in [0.25, 0.3) is 0 Å². The summed E-state index contributed by atoms with van der Waals surface area (Å²) >= 11 is 0. The van der Waals surface area contributed by atoms with Crippen LogP contribution in [0.15, 0.2) is 36.5 Å². The first-order valence-corrected chi connectivity index (χ1v) is 34.2. The summed E-state index contributed by atoms with van der Waals surface area (Å²) in [5.74, 6) is -0.0325. The molecule has 0 aromatic carbocycles. The number of hydrogen-bond donors (Lipinski definition) is 3. The second-order valence-electron chi connectivity index (χ2n) is 23.5. The zero-order chi connectivity index (χ0) is 55.0. The monoisotopic (exact) mass is 1070 g/mol. The molecule has 0 rings (SSSR count). The van der Waals surface area contributed by atoms with Gasteiger partial charge in [-0.05, 0) is 77.0 Å². The molecule has 76 heavy (non-hydrogen) atoms. The topological polar surface area (TPSA) is 95.9 Å². The third kappa shape index (κ3) is 61.3. The highest BCUT2D eigenvalue weighted by Gasteiger charge is 2.20. The predicted molar refractivity (Wildman–Crippen MR) is 333 cm³/mol. The fraction of sp³-hybridized carbons (Fsp3) is 0.886. The van der Waals surface area contributed by atoms with E-state index < -0.39 is 12.1 Å². The molecule has 0 heterocycles. The molecule has 2 atom stereocenters. The van der Waals surface area contributed by atoms with Crippen LogP contribution in [0.5, 0.6) is 0 Å². The molecular weight excluding hydrogens is 935 g/mol. The van der Waals surface area contributed by atoms with Crippen LogP contribution in [-0.2, 0) is 14.3 Å². The zero-order valence-electron chi connectivity index (χ0n) is 51.3. The van der Waals surface area contributed by atoms with E-state index in [1.165, 1.54) is 289 Å². The Labute approximate surface area is 474 Å². The maximum Gasteiger partial charge on any atom is 0.305 e. The molecule has 2 unspecified atom stereocenters. The van der Waals surface area contributed by atoms with E-state index in [9.17, 15) is 19.8 Å². The van der Waals surface area contributed by atoms with Gasteiger partial charge >= 0.3 is 5.97 Å². The lowest BCUT2D eigenvalue weighted by Gasteiger charge is -2.22. The van der Waals surface area contributed by atoms with Crippen molar-refractivity contribution in [3.8, 4) is 0 Å². The van der Waals surface area contributed by atoms with E-state index >= 15 is 0 Å². The van der Waals surface area contributed by atoms with E-state index in [1.54, 1.807) is 0 Å². The number of esters is 1. The Hall–Kier alpha value is -1.92. The summed E-state index contributed by atoms with van der Waals surface area (Å²) in [7, 11) is 0. The molecule has 0 spiro atoms. The standard InChI is InChI=1S/C70H133NO5/c1-3-5-7-9-11-13-15-17-18-19-29-32-35-39-42-46-50-54-58-62-68(73)67(66-72)71-69(74)63-59-55-51-47-43-40-36-33-30-27-25-23-21-20-22-24-26-28-31-34-37-41-45-49-53-57-61-65-76-70(75)64-60-56-52-48-44-38-16-14-12-10-8-6-4-2/h8,10,14,16,20-21,67-68,72-73H,3-7,9,11-13,15,17-19,22-66H2,1-2H3,(H,71,74)/b10-8-,16-14-,21-20-. The van der Waals surface area contributed by atoms with E-state index in [2.05, 4.69) is 55.6 Å². The Morgan fingerprint density at radius 1 is 0.368 bits per heavy atom. The number of aliphatic hydroxyl groups excluding tert-OH is 2. The number of carbonyl (C=O) groups excluding carboxylic acids is 2. The SMILES string of the molecule is CCC/C=C\C/C=C\CCCCCCCC(=O)OCCCCCCCCCCCCCC/C=C\CCCCCCCCCCCCCC(=O)NC(CO)C(O)CCCCCCCCCCCCCCCCCCCCC. The van der Waals surface area contributed by atoms with Crippen molar-refractivity contribution in [2.45, 2.75) is 386 Å². The fourth-order valence-corrected chi connectivity index (χ4v) is 10.7. The van der Waals surface area contributed by atoms with Crippen LogP contribution in [0.2, 0.25) is 0 Å². The van der Waals surface area contributed by atoms with Gasteiger partial charge < -0.3 is 20.3 Å². The largest absolute Gasteiger partial charge is 0.466 e. The van der Waals surface area contributed by atoms with E-state index in [4.69, 9.17) is 4.74 Å². The molecule has 448 valence electrons. The van der Waals surface area contributed by atoms with E-state index in [1.807, 2.05) is 0 Å². The van der Waals surface area contributed by atoms with Crippen LogP contribution in [0.1, 0.15) is 373 Å². The minimum absolute atomic E-state index is 0.0000247. The number of allylic oxidation sites excluding steroid dienone is 6. The van der Waals surface area contributed by atoms with Gasteiger partial charge in [0.1, 0.15) is 0 Å². The molecule has 3 N–H and O–H groups in total. The summed E-state index contributed by atoms with van der Waals surface area (Å²) in [5, 5.41) is 23.4. The van der Waals surface area contributed by atoms with Gasteiger partial charge in [0, 0.05) is 12.8 Å². The maximum absolute atomic E-state index is 12.5. The Bertz CT molecular complexity index is 1230. The normalized spacial score (nSPS) is 12.7. The Morgan fingerprint density at radius 3 is 1.07 bits per heavy atom. The molecule has 0 saturated carbocycles. The second kappa shape index (κ2) is 65.6. The molecule has 0 aliphatic rings. The van der Waals surface area contributed by atoms with Crippen LogP contribution in [-0.4, -0.2) is 47.4 Å². The van der Waals surface area contributed by atoms with Gasteiger partial charge in [-0.2, -0.15) is 0 Å². The zero-order valence-corrected chi connectivity index (χ0v) is 51.3. The molecule has 0 saturated heterocycles. The fourth-order valence-electron chi connectivity index (χ4n) is 10.7. The molecule has 0 fully saturated rings.